The molecule has 0 spiro atoms. The Kier molecular flexibility index (Phi) is 6.14. The van der Waals surface area contributed by atoms with Crippen LogP contribution >= 0.6 is 0 Å². The van der Waals surface area contributed by atoms with E-state index in [-0.39, 0.29) is 31.9 Å². The summed E-state index contributed by atoms with van der Waals surface area (Å²) in [6.07, 6.45) is -2.98. The van der Waals surface area contributed by atoms with Crippen molar-refractivity contribution >= 4 is 23.5 Å². The first kappa shape index (κ1) is 20.7. The Morgan fingerprint density at radius 2 is 1.28 bits per heavy atom. The van der Waals surface area contributed by atoms with Gasteiger partial charge in [-0.05, 0) is 37.1 Å². The molecule has 1 aromatic carbocycles. The van der Waals surface area contributed by atoms with Gasteiger partial charge < -0.3 is 24.8 Å². The Morgan fingerprint density at radius 3 is 1.79 bits per heavy atom. The van der Waals surface area contributed by atoms with Gasteiger partial charge in [0, 0.05) is 45.0 Å². The van der Waals surface area contributed by atoms with E-state index in [1.165, 1.54) is 21.9 Å². The van der Waals surface area contributed by atoms with E-state index in [4.69, 9.17) is 0 Å². The summed E-state index contributed by atoms with van der Waals surface area (Å²) in [5.41, 5.74) is 0.312. The van der Waals surface area contributed by atoms with E-state index < -0.39 is 24.2 Å². The highest BCUT2D eigenvalue weighted by Gasteiger charge is 2.32. The predicted molar refractivity (Wildman–Crippen MR) is 96.1 cm³/mol. The van der Waals surface area contributed by atoms with Crippen molar-refractivity contribution in [1.29, 1.82) is 0 Å². The van der Waals surface area contributed by atoms with E-state index in [0.29, 0.717) is 18.8 Å². The maximum Gasteiger partial charge on any atom is 0.573 e. The Balaban J connectivity index is 1.47. The summed E-state index contributed by atoms with van der Waals surface area (Å²) in [7, 11) is 0. The summed E-state index contributed by atoms with van der Waals surface area (Å²) in [5.74, 6) is -1.43. The van der Waals surface area contributed by atoms with Crippen LogP contribution in [0.1, 0.15) is 12.8 Å². The van der Waals surface area contributed by atoms with Gasteiger partial charge in [0.15, 0.2) is 0 Å². The molecule has 29 heavy (non-hydrogen) atoms. The van der Waals surface area contributed by atoms with Crippen molar-refractivity contribution in [3.8, 4) is 5.75 Å². The molecule has 0 radical (unpaired) electrons. The van der Waals surface area contributed by atoms with Crippen LogP contribution in [0.2, 0.25) is 0 Å². The zero-order chi connectivity index (χ0) is 21.0. The second-order valence-electron chi connectivity index (χ2n) is 6.78. The molecule has 2 heterocycles. The van der Waals surface area contributed by atoms with Crippen molar-refractivity contribution in [1.82, 2.24) is 14.7 Å². The third-order valence-electron chi connectivity index (χ3n) is 4.77. The van der Waals surface area contributed by atoms with Gasteiger partial charge in [0.2, 0.25) is 0 Å². The van der Waals surface area contributed by atoms with Gasteiger partial charge in [-0.1, -0.05) is 0 Å². The van der Waals surface area contributed by atoms with Gasteiger partial charge in [-0.2, -0.15) is 0 Å². The molecule has 2 aliphatic heterocycles. The van der Waals surface area contributed by atoms with Gasteiger partial charge in [0.1, 0.15) is 5.75 Å². The molecule has 11 heteroatoms. The minimum atomic E-state index is -4.78. The van der Waals surface area contributed by atoms with Gasteiger partial charge in [-0.25, -0.2) is 4.79 Å². The fourth-order valence-corrected chi connectivity index (χ4v) is 3.25. The lowest BCUT2D eigenvalue weighted by Crippen LogP contribution is -2.54. The topological polar surface area (TPSA) is 82.2 Å². The minimum absolute atomic E-state index is 0.240. The maximum absolute atomic E-state index is 12.3. The number of urea groups is 1. The molecule has 158 valence electrons. The molecular formula is C18H21F3N4O4. The van der Waals surface area contributed by atoms with Crippen molar-refractivity contribution in [2.45, 2.75) is 19.2 Å². The van der Waals surface area contributed by atoms with E-state index in [9.17, 15) is 27.6 Å². The average molecular weight is 414 g/mol. The zero-order valence-corrected chi connectivity index (χ0v) is 15.6. The summed E-state index contributed by atoms with van der Waals surface area (Å²) >= 11 is 0. The first-order chi connectivity index (χ1) is 13.7. The number of rotatable bonds is 2. The average Bonchev–Trinajstić information content (AvgIpc) is 3.22. The fraction of sp³-hybridized carbons (Fsp3) is 0.500. The molecule has 3 rings (SSSR count). The molecule has 0 aromatic heterocycles. The fourth-order valence-electron chi connectivity index (χ4n) is 3.25. The van der Waals surface area contributed by atoms with Gasteiger partial charge in [-0.15, -0.1) is 13.2 Å². The number of nitrogens with one attached hydrogen (secondary N) is 1. The molecular weight excluding hydrogens is 393 g/mol. The summed E-state index contributed by atoms with van der Waals surface area (Å²) < 4.78 is 40.3. The molecule has 1 aromatic rings. The molecule has 2 saturated heterocycles. The van der Waals surface area contributed by atoms with Gasteiger partial charge >= 0.3 is 24.2 Å². The van der Waals surface area contributed by atoms with Gasteiger partial charge in [0.05, 0.1) is 0 Å². The third-order valence-corrected chi connectivity index (χ3v) is 4.77. The van der Waals surface area contributed by atoms with Crippen LogP contribution in [0.5, 0.6) is 5.75 Å². The van der Waals surface area contributed by atoms with Crippen molar-refractivity contribution in [2.75, 3.05) is 44.6 Å². The molecule has 2 fully saturated rings. The van der Waals surface area contributed by atoms with Gasteiger partial charge in [0.25, 0.3) is 0 Å². The van der Waals surface area contributed by atoms with Crippen molar-refractivity contribution in [3.05, 3.63) is 24.3 Å². The smallest absolute Gasteiger partial charge is 0.406 e. The Bertz CT molecular complexity index is 755. The number of ether oxygens (including phenoxy) is 1. The van der Waals surface area contributed by atoms with Crippen LogP contribution in [0, 0.1) is 0 Å². The zero-order valence-electron chi connectivity index (χ0n) is 15.6. The SMILES string of the molecule is O=C(Nc1ccc(OC(F)(F)F)cc1)N1CCN(C(=O)C(=O)N2CCCC2)CC1. The van der Waals surface area contributed by atoms with Crippen LogP contribution in [-0.2, 0) is 9.59 Å². The van der Waals surface area contributed by atoms with E-state index in [2.05, 4.69) is 10.1 Å². The summed E-state index contributed by atoms with van der Waals surface area (Å²) in [6, 6.07) is 4.36. The molecule has 2 aliphatic rings. The number of halogens is 3. The number of alkyl halides is 3. The van der Waals surface area contributed by atoms with E-state index >= 15 is 0 Å². The van der Waals surface area contributed by atoms with Crippen molar-refractivity contribution < 1.29 is 32.3 Å². The lowest BCUT2D eigenvalue weighted by molar-refractivity contribution is -0.274. The summed E-state index contributed by atoms with van der Waals surface area (Å²) in [4.78, 5) is 41.3. The van der Waals surface area contributed by atoms with Gasteiger partial charge in [-0.3, -0.25) is 9.59 Å². The summed E-state index contributed by atoms with van der Waals surface area (Å²) in [6.45, 7) is 2.17. The number of anilines is 1. The normalized spacial score (nSPS) is 17.3. The van der Waals surface area contributed by atoms with Crippen LogP contribution in [0.3, 0.4) is 0 Å². The number of hydrogen-bond acceptors (Lipinski definition) is 4. The van der Waals surface area contributed by atoms with Crippen LogP contribution in [0.25, 0.3) is 0 Å². The van der Waals surface area contributed by atoms with Crippen LogP contribution in [-0.4, -0.2) is 78.2 Å². The summed E-state index contributed by atoms with van der Waals surface area (Å²) in [5, 5.41) is 2.58. The largest absolute Gasteiger partial charge is 0.573 e. The monoisotopic (exact) mass is 414 g/mol. The number of amides is 4. The molecule has 0 atom stereocenters. The molecule has 0 bridgehead atoms. The number of carbonyl (C=O) groups is 3. The predicted octanol–water partition coefficient (Wildman–Crippen LogP) is 1.88. The highest BCUT2D eigenvalue weighted by atomic mass is 19.4. The number of carbonyl (C=O) groups excluding carboxylic acids is 3. The minimum Gasteiger partial charge on any atom is -0.406 e. The highest BCUT2D eigenvalue weighted by molar-refractivity contribution is 6.35. The second-order valence-corrected chi connectivity index (χ2v) is 6.78. The maximum atomic E-state index is 12.3. The lowest BCUT2D eigenvalue weighted by Gasteiger charge is -2.34. The second kappa shape index (κ2) is 8.58. The quantitative estimate of drug-likeness (QED) is 0.750. The third kappa shape index (κ3) is 5.52. The highest BCUT2D eigenvalue weighted by Crippen LogP contribution is 2.24. The van der Waals surface area contributed by atoms with Crippen LogP contribution in [0.15, 0.2) is 24.3 Å². The van der Waals surface area contributed by atoms with Crippen molar-refractivity contribution in [3.63, 3.8) is 0 Å². The number of nitrogens with zero attached hydrogens (tertiary/aromatic N) is 3. The Morgan fingerprint density at radius 1 is 0.793 bits per heavy atom. The molecule has 1 N–H and O–H groups in total. The first-order valence-corrected chi connectivity index (χ1v) is 9.23. The number of benzene rings is 1. The first-order valence-electron chi connectivity index (χ1n) is 9.23. The van der Waals surface area contributed by atoms with Crippen LogP contribution < -0.4 is 10.1 Å². The van der Waals surface area contributed by atoms with Crippen molar-refractivity contribution in [2.24, 2.45) is 0 Å². The lowest BCUT2D eigenvalue weighted by atomic mass is 10.3. The Labute approximate surface area is 165 Å². The number of hydrogen-bond donors (Lipinski definition) is 1. The molecule has 4 amide bonds. The van der Waals surface area contributed by atoms with E-state index in [1.54, 1.807) is 4.90 Å². The van der Waals surface area contributed by atoms with E-state index in [0.717, 1.165) is 25.0 Å². The standard InChI is InChI=1S/C18H21F3N4O4/c19-18(20,21)29-14-5-3-13(4-6-14)22-17(28)25-11-9-24(10-12-25)16(27)15(26)23-7-1-2-8-23/h3-6H,1-2,7-12H2,(H,22,28). The molecule has 0 saturated carbocycles. The van der Waals surface area contributed by atoms with Crippen LogP contribution in [0.4, 0.5) is 23.7 Å². The number of piperazine rings is 1. The molecule has 0 unspecified atom stereocenters. The molecule has 8 nitrogen and oxygen atoms in total. The molecule has 0 aliphatic carbocycles. The Hall–Kier alpha value is -2.98. The van der Waals surface area contributed by atoms with E-state index in [1.807, 2.05) is 0 Å². The number of likely N-dealkylation sites (tertiary alicyclic amines) is 1.